The Kier molecular flexibility index (Phi) is 23.7. The van der Waals surface area contributed by atoms with Crippen molar-refractivity contribution < 1.29 is 57.8 Å². The Morgan fingerprint density at radius 1 is 0.730 bits per heavy atom. The summed E-state index contributed by atoms with van der Waals surface area (Å²) in [5.41, 5.74) is 28.1. The summed E-state index contributed by atoms with van der Waals surface area (Å²) < 4.78 is 0. The second-order valence-corrected chi connectivity index (χ2v) is 20.0. The molecule has 28 heteroatoms. The van der Waals surface area contributed by atoms with Crippen LogP contribution < -0.4 is 65.9 Å². The van der Waals surface area contributed by atoms with Crippen LogP contribution in [-0.4, -0.2) is 154 Å². The summed E-state index contributed by atoms with van der Waals surface area (Å²) in [7, 11) is 2.19. The van der Waals surface area contributed by atoms with Crippen LogP contribution in [0, 0.1) is 0 Å². The molecule has 2 saturated heterocycles. The number of rotatable bonds is 19. The monoisotopic (exact) mass is 1080 g/mol. The van der Waals surface area contributed by atoms with Gasteiger partial charge in [-0.2, -0.15) is 0 Å². The number of nitrogens with one attached hydrogen (secondary N) is 7. The number of phenolic OH excluding ortho intramolecular Hbond substituents is 1. The van der Waals surface area contributed by atoms with Crippen LogP contribution in [0.4, 0.5) is 0 Å². The number of hydrogen-bond acceptors (Lipinski definition) is 15. The van der Waals surface area contributed by atoms with Crippen molar-refractivity contribution in [3.8, 4) is 5.75 Å². The maximum atomic E-state index is 14.6. The van der Waals surface area contributed by atoms with Crippen molar-refractivity contribution in [3.63, 3.8) is 0 Å². The van der Waals surface area contributed by atoms with Crippen molar-refractivity contribution in [3.05, 3.63) is 65.7 Å². The third kappa shape index (κ3) is 20.1. The quantitative estimate of drug-likeness (QED) is 0.0158. The van der Waals surface area contributed by atoms with Gasteiger partial charge < -0.3 is 75.9 Å². The standard InChI is InChI=1S/C46H64N14O12S2/c47-35(62)15-14-29-40(67)58-32(22-36(48)63)43(70)59-33(45(72)60-18-5-9-34(60)44(71)56-28(8-4-17-52-46(50)51)39(66)53-23-37(49)64)24-74-73-19-16-38(65)54-30(21-26-10-12-27(61)13-11-26)41(68)57-31(42(69)55-29)20-25-6-2-1-3-7-25/h1-3,6-7,10-13,28-34,61H,4-5,8-9,14-24H2,(H2,47,62)(H2,48,63)(H2,49,64)(H,53,66)(H,54,65)(H,55,69)(H,56,71)(H,57,68)(H,58,67)(H,59,70)(H4,50,51,52)/i1+1,2+1,3+1,6+1,7+1,20+1,25+1,31+1,42+1,57+1. The van der Waals surface area contributed by atoms with Gasteiger partial charge in [0.2, 0.25) is 65.0 Å². The number of guanidine groups is 1. The van der Waals surface area contributed by atoms with E-state index in [-0.39, 0.29) is 74.8 Å². The number of carbonyl (C=O) groups excluding carboxylic acids is 11. The Morgan fingerprint density at radius 3 is 1.97 bits per heavy atom. The molecule has 0 aliphatic carbocycles. The zero-order valence-corrected chi connectivity index (χ0v) is 42.0. The van der Waals surface area contributed by atoms with Gasteiger partial charge in [0, 0.05) is 50.3 Å². The van der Waals surface area contributed by atoms with Crippen molar-refractivity contribution in [2.24, 2.45) is 33.7 Å². The number of benzene rings is 2. The highest BCUT2D eigenvalue weighted by Gasteiger charge is 2.40. The number of primary amides is 3. The van der Waals surface area contributed by atoms with E-state index in [1.165, 1.54) is 17.0 Å². The summed E-state index contributed by atoms with van der Waals surface area (Å²) >= 11 is 0. The Bertz CT molecular complexity index is 2380. The Balaban J connectivity index is 1.68. The number of likely N-dealkylation sites (tertiary alicyclic amines) is 1. The van der Waals surface area contributed by atoms with E-state index in [0.29, 0.717) is 17.5 Å². The summed E-state index contributed by atoms with van der Waals surface area (Å²) in [6.07, 6.45) is -1.34. The first kappa shape index (κ1) is 58.9. The minimum Gasteiger partial charge on any atom is -0.508 e. The van der Waals surface area contributed by atoms with Crippen LogP contribution in [0.15, 0.2) is 59.6 Å². The van der Waals surface area contributed by atoms with Gasteiger partial charge in [-0.1, -0.05) is 64.1 Å². The minimum atomic E-state index is -1.77. The molecule has 11 amide bonds. The molecule has 0 radical (unpaired) electrons. The van der Waals surface area contributed by atoms with Crippen molar-refractivity contribution >= 4 is 92.5 Å². The largest absolute Gasteiger partial charge is 0.508 e. The number of nitrogens with two attached hydrogens (primary N) is 5. The molecule has 18 N–H and O–H groups in total. The molecule has 0 saturated carbocycles. The number of nitrogens with zero attached hydrogens (tertiary/aromatic N) is 2. The summed E-state index contributed by atoms with van der Waals surface area (Å²) in [5, 5.41) is 27.8. The highest BCUT2D eigenvalue weighted by Crippen LogP contribution is 2.26. The first-order valence-electron chi connectivity index (χ1n) is 23.6. The van der Waals surface area contributed by atoms with Crippen LogP contribution in [0.1, 0.15) is 62.5 Å². The summed E-state index contributed by atoms with van der Waals surface area (Å²) in [4.78, 5) is 153. The van der Waals surface area contributed by atoms with Gasteiger partial charge in [-0.3, -0.25) is 57.7 Å². The van der Waals surface area contributed by atoms with Crippen molar-refractivity contribution in [1.82, 2.24) is 42.1 Å². The van der Waals surface area contributed by atoms with E-state index >= 15 is 0 Å². The smallest absolute Gasteiger partial charge is 0.246 e. The van der Waals surface area contributed by atoms with Crippen molar-refractivity contribution in [2.45, 2.75) is 107 Å². The van der Waals surface area contributed by atoms with Gasteiger partial charge >= 0.3 is 0 Å². The third-order valence-electron chi connectivity index (χ3n) is 11.5. The molecule has 402 valence electrons. The van der Waals surface area contributed by atoms with E-state index in [0.717, 1.165) is 21.6 Å². The molecular formula is C46H64N14O12S2. The predicted molar refractivity (Wildman–Crippen MR) is 272 cm³/mol. The summed E-state index contributed by atoms with van der Waals surface area (Å²) in [6.45, 7) is -0.402. The fraction of sp³-hybridized carbons (Fsp3) is 0.478. The minimum absolute atomic E-state index is 0.0128. The molecule has 2 aromatic rings. The third-order valence-corrected chi connectivity index (χ3v) is 13.9. The molecule has 2 aliphatic rings. The first-order chi connectivity index (χ1) is 35.2. The number of carbonyl (C=O) groups is 11. The Hall–Kier alpha value is -7.62. The van der Waals surface area contributed by atoms with Crippen LogP contribution in [0.5, 0.6) is 5.75 Å². The number of aliphatic imine (C=N–C) groups is 1. The second-order valence-electron chi connectivity index (χ2n) is 17.3. The Morgan fingerprint density at radius 2 is 1.34 bits per heavy atom. The van der Waals surface area contributed by atoms with Gasteiger partial charge in [0.25, 0.3) is 0 Å². The molecule has 2 fully saturated rings. The van der Waals surface area contributed by atoms with Gasteiger partial charge in [0.05, 0.1) is 13.0 Å². The molecule has 26 nitrogen and oxygen atoms in total. The highest BCUT2D eigenvalue weighted by atomic mass is 33.1. The van der Waals surface area contributed by atoms with Crippen LogP contribution in [0.25, 0.3) is 0 Å². The zero-order chi connectivity index (χ0) is 54.3. The molecule has 4 rings (SSSR count). The lowest BCUT2D eigenvalue weighted by Crippen LogP contribution is -2.61. The topological polar surface area (TPSA) is 438 Å². The fourth-order valence-electron chi connectivity index (χ4n) is 7.78. The maximum absolute atomic E-state index is 14.6. The van der Waals surface area contributed by atoms with E-state index in [2.05, 4.69) is 42.2 Å². The molecule has 2 heterocycles. The molecule has 0 bridgehead atoms. The first-order valence-corrected chi connectivity index (χ1v) is 26.0. The van der Waals surface area contributed by atoms with Crippen LogP contribution >= 0.6 is 21.6 Å². The van der Waals surface area contributed by atoms with Crippen LogP contribution in [-0.2, 0) is 65.6 Å². The predicted octanol–water partition coefficient (Wildman–Crippen LogP) is -4.34. The van der Waals surface area contributed by atoms with Crippen molar-refractivity contribution in [2.75, 3.05) is 31.1 Å². The molecule has 0 aromatic heterocycles. The number of phenols is 1. The number of amides is 11. The fourth-order valence-corrected chi connectivity index (χ4v) is 9.93. The molecule has 2 aromatic carbocycles. The molecule has 0 spiro atoms. The van der Waals surface area contributed by atoms with E-state index in [4.69, 9.17) is 28.7 Å². The second kappa shape index (κ2) is 29.8. The molecule has 2 aliphatic heterocycles. The maximum Gasteiger partial charge on any atom is 0.246 e. The van der Waals surface area contributed by atoms with Gasteiger partial charge in [-0.15, -0.1) is 0 Å². The average Bonchev–Trinajstić information content (AvgIpc) is 3.85. The van der Waals surface area contributed by atoms with Gasteiger partial charge in [0.15, 0.2) is 5.96 Å². The zero-order valence-electron chi connectivity index (χ0n) is 40.4. The van der Waals surface area contributed by atoms with E-state index in [1.807, 2.05) is 0 Å². The number of aromatic hydroxyl groups is 1. The molecule has 74 heavy (non-hydrogen) atoms. The van der Waals surface area contributed by atoms with Crippen LogP contribution in [0.3, 0.4) is 0 Å². The lowest BCUT2D eigenvalue weighted by Gasteiger charge is -2.31. The lowest BCUT2D eigenvalue weighted by molar-refractivity contribution is -0.142. The van der Waals surface area contributed by atoms with E-state index in [1.54, 1.807) is 42.5 Å². The van der Waals surface area contributed by atoms with E-state index < -0.39 is 133 Å². The Labute approximate surface area is 433 Å². The molecule has 7 atom stereocenters. The average molecular weight is 1080 g/mol. The van der Waals surface area contributed by atoms with Gasteiger partial charge in [-0.25, -0.2) is 0 Å². The molecule has 7 unspecified atom stereocenters. The normalized spacial score (nSPS) is 21.7. The van der Waals surface area contributed by atoms with Crippen LogP contribution in [0.2, 0.25) is 0 Å². The van der Waals surface area contributed by atoms with Gasteiger partial charge in [-0.05, 0) is 55.4 Å². The molecular weight excluding hydrogens is 1010 g/mol. The lowest BCUT2D eigenvalue weighted by atomic mass is 10.1. The van der Waals surface area contributed by atoms with E-state index in [9.17, 15) is 57.8 Å². The van der Waals surface area contributed by atoms with Gasteiger partial charge in [0.1, 0.15) is 48.0 Å². The highest BCUT2D eigenvalue weighted by molar-refractivity contribution is 8.76. The van der Waals surface area contributed by atoms with Crippen molar-refractivity contribution in [1.29, 1.82) is 0 Å². The summed E-state index contributed by atoms with van der Waals surface area (Å²) in [6, 6.07) is 4.52. The summed E-state index contributed by atoms with van der Waals surface area (Å²) in [5.74, 6) is -9.75. The number of hydrogen-bond donors (Lipinski definition) is 13. The SMILES string of the molecule is NC(=O)CCC1N[13C](=O)[13CH]([13CH2][13c]2[13cH][13cH][13cH][13cH][13cH]2)[15NH]C(=O)C(Cc2ccc(O)cc2)NC(=O)CCSSCC(C(=O)N2CCCC2C(=O)NC(CCCN=C(N)N)C(=O)NCC(N)=O)NC(=O)C(CC(N)=O)NC1=O.